The summed E-state index contributed by atoms with van der Waals surface area (Å²) in [4.78, 5) is 66.1. The van der Waals surface area contributed by atoms with Crippen LogP contribution >= 0.6 is 9.55 Å². The minimum Gasteiger partial charge on any atom is -0.894 e. The van der Waals surface area contributed by atoms with Gasteiger partial charge in [-0.2, -0.15) is 0 Å². The van der Waals surface area contributed by atoms with Gasteiger partial charge in [-0.15, -0.1) is 0 Å². The van der Waals surface area contributed by atoms with Crippen molar-refractivity contribution in [2.24, 2.45) is 0 Å². The molecule has 0 aliphatic heterocycles. The van der Waals surface area contributed by atoms with Crippen LogP contribution in [-0.2, 0) is 0 Å². The molecule has 15 heteroatoms. The van der Waals surface area contributed by atoms with Crippen LogP contribution in [0.5, 0.6) is 0 Å². The maximum absolute atomic E-state index is 9.42. The molecule has 0 spiro atoms. The molecule has 0 radical (unpaired) electrons. The summed E-state index contributed by atoms with van der Waals surface area (Å²) in [5.74, 6) is 0. The van der Waals surface area contributed by atoms with E-state index in [1.54, 1.807) is 0 Å². The summed E-state index contributed by atoms with van der Waals surface area (Å²) < 4.78 is 9.42. The second-order valence-corrected chi connectivity index (χ2v) is 3.15. The zero-order chi connectivity index (χ0) is 11.0. The van der Waals surface area contributed by atoms with E-state index in [0.29, 0.717) is 0 Å². The molecule has 0 heterocycles. The Hall–Kier alpha value is 3.49. The Morgan fingerprint density at radius 1 is 0.867 bits per heavy atom. The van der Waals surface area contributed by atoms with Crippen LogP contribution in [0.15, 0.2) is 0 Å². The molecule has 0 aromatic heterocycles. The molecule has 0 rings (SSSR count). The maximum Gasteiger partial charge on any atom is 3.00 e. The van der Waals surface area contributed by atoms with Gasteiger partial charge in [-0.1, -0.05) is 0 Å². The molecule has 0 aromatic carbocycles. The molecule has 1 atom stereocenters. The summed E-state index contributed by atoms with van der Waals surface area (Å²) in [6.45, 7) is 0. The third-order valence-corrected chi connectivity index (χ3v) is 0. The Kier molecular flexibility index (Phi) is 47.9. The standard InChI is InChI=1S/Al.FH2P.Na.H2O4Si.O4Si.Sr/c;1-2;;2*1-5(2,3)4;/h;2H2;;1-2H;;/q+3;;+1;-2;-4;+2. The Balaban J connectivity index is -0.0000000197. The molecular formula is H4AlFNaO8PSi2Sr. The van der Waals surface area contributed by atoms with Gasteiger partial charge in [0.25, 0.3) is 0 Å². The average Bonchev–Trinajstić information content (AvgIpc) is 1.59. The van der Waals surface area contributed by atoms with Gasteiger partial charge in [-0.05, 0) is 0 Å². The van der Waals surface area contributed by atoms with Crippen molar-refractivity contribution < 1.29 is 72.1 Å². The molecule has 0 aromatic rings. The van der Waals surface area contributed by atoms with E-state index < -0.39 is 18.1 Å². The second-order valence-electron chi connectivity index (χ2n) is 1.05. The number of hydrogen-bond acceptors (Lipinski definition) is 8. The normalized spacial score (nSPS) is 8.40. The third-order valence-electron chi connectivity index (χ3n) is 0. The van der Waals surface area contributed by atoms with Gasteiger partial charge in [0, 0.05) is 0 Å². The summed E-state index contributed by atoms with van der Waals surface area (Å²) >= 11 is 0. The zero-order valence-corrected chi connectivity index (χ0v) is 17.4. The molecule has 2 N–H and O–H groups in total. The summed E-state index contributed by atoms with van der Waals surface area (Å²) in [6.07, 6.45) is 0. The first-order chi connectivity index (χ1) is 5.00. The molecule has 8 nitrogen and oxygen atoms in total. The fourth-order valence-corrected chi connectivity index (χ4v) is 0. The first kappa shape index (κ1) is 36.3. The van der Waals surface area contributed by atoms with Crippen molar-refractivity contribution in [2.75, 3.05) is 0 Å². The van der Waals surface area contributed by atoms with E-state index in [1.165, 1.54) is 0 Å². The van der Waals surface area contributed by atoms with Crippen molar-refractivity contribution in [3.63, 3.8) is 0 Å². The molecule has 15 heavy (non-hydrogen) atoms. The first-order valence-corrected chi connectivity index (χ1v) is 5.67. The van der Waals surface area contributed by atoms with Crippen molar-refractivity contribution >= 4 is 90.5 Å². The molecule has 0 aliphatic carbocycles. The van der Waals surface area contributed by atoms with Gasteiger partial charge in [0.1, 0.15) is 9.05 Å². The second kappa shape index (κ2) is 19.8. The van der Waals surface area contributed by atoms with Crippen LogP contribution in [0.4, 0.5) is 4.20 Å². The van der Waals surface area contributed by atoms with Crippen molar-refractivity contribution in [1.82, 2.24) is 0 Å². The average molecular weight is 376 g/mol. The van der Waals surface area contributed by atoms with Gasteiger partial charge in [-0.25, -0.2) is 4.20 Å². The topological polar surface area (TPSA) is 179 Å². The largest absolute Gasteiger partial charge is 3.00 e. The van der Waals surface area contributed by atoms with E-state index in [-0.39, 0.29) is 92.4 Å². The van der Waals surface area contributed by atoms with Crippen molar-refractivity contribution in [3.8, 4) is 0 Å². The van der Waals surface area contributed by atoms with E-state index in [9.17, 15) is 4.20 Å². The molecule has 0 amide bonds. The van der Waals surface area contributed by atoms with Crippen LogP contribution in [0.1, 0.15) is 0 Å². The summed E-state index contributed by atoms with van der Waals surface area (Å²) in [7, 11) is -9.81. The van der Waals surface area contributed by atoms with Crippen molar-refractivity contribution in [2.45, 2.75) is 0 Å². The Bertz CT molecular complexity index is 75.6. The van der Waals surface area contributed by atoms with Crippen LogP contribution in [0.3, 0.4) is 0 Å². The maximum atomic E-state index is 9.42. The Morgan fingerprint density at radius 2 is 0.867 bits per heavy atom. The van der Waals surface area contributed by atoms with Gasteiger partial charge < -0.3 is 47.4 Å². The molecule has 0 saturated carbocycles. The summed E-state index contributed by atoms with van der Waals surface area (Å²) in [5, 5.41) is 0. The zero-order valence-electron chi connectivity index (χ0n) is 7.58. The van der Waals surface area contributed by atoms with Crippen molar-refractivity contribution in [1.29, 1.82) is 0 Å². The minimum atomic E-state index is -5.61. The molecule has 0 aliphatic rings. The number of halogens is 1. The van der Waals surface area contributed by atoms with E-state index in [4.69, 9.17) is 38.4 Å². The molecule has 0 bridgehead atoms. The van der Waals surface area contributed by atoms with E-state index in [1.807, 2.05) is 0 Å². The molecule has 0 fully saturated rings. The number of hydrogen-bond donors (Lipinski definition) is 2. The SMILES string of the molecule is FP.[Al+3].[Na+].[O-][Si]([O-])(O)O.[O-][Si]([O-])([O-])[O-].[Sr+2]. The predicted octanol–water partition coefficient (Wildman–Crippen LogP) is -12.0. The molecule has 1 unspecified atom stereocenters. The van der Waals surface area contributed by atoms with Crippen LogP contribution in [0.2, 0.25) is 0 Å². The summed E-state index contributed by atoms with van der Waals surface area (Å²) in [6, 6.07) is 0. The van der Waals surface area contributed by atoms with E-state index in [2.05, 4.69) is 0 Å². The van der Waals surface area contributed by atoms with E-state index in [0.717, 1.165) is 9.55 Å². The predicted molar refractivity (Wildman–Crippen MR) is 38.3 cm³/mol. The van der Waals surface area contributed by atoms with Crippen LogP contribution in [0, 0.1) is 0 Å². The van der Waals surface area contributed by atoms with Gasteiger partial charge in [0.2, 0.25) is 0 Å². The van der Waals surface area contributed by atoms with Gasteiger partial charge in [0.05, 0.1) is 9.55 Å². The van der Waals surface area contributed by atoms with Crippen LogP contribution in [-0.4, -0.2) is 90.5 Å². The smallest absolute Gasteiger partial charge is 0.894 e. The van der Waals surface area contributed by atoms with E-state index >= 15 is 0 Å². The Labute approximate surface area is 160 Å². The van der Waals surface area contributed by atoms with Crippen LogP contribution in [0.25, 0.3) is 0 Å². The van der Waals surface area contributed by atoms with Gasteiger partial charge in [-0.3, -0.25) is 0 Å². The Morgan fingerprint density at radius 3 is 0.867 bits per heavy atom. The fourth-order valence-electron chi connectivity index (χ4n) is 0. The molecular weight excluding hydrogens is 372 g/mol. The third kappa shape index (κ3) is 345. The number of rotatable bonds is 0. The molecule has 78 valence electrons. The fraction of sp³-hybridized carbons (Fsp3) is 0. The summed E-state index contributed by atoms with van der Waals surface area (Å²) in [5.41, 5.74) is 0. The quantitative estimate of drug-likeness (QED) is 0.309. The minimum absolute atomic E-state index is 0. The monoisotopic (exact) mass is 376 g/mol. The first-order valence-electron chi connectivity index (χ1n) is 1.89. The van der Waals surface area contributed by atoms with Crippen LogP contribution < -0.4 is 58.3 Å². The van der Waals surface area contributed by atoms with Gasteiger partial charge in [0.15, 0.2) is 0 Å². The van der Waals surface area contributed by atoms with Gasteiger partial charge >= 0.3 is 92.4 Å². The molecule has 0 saturated heterocycles. The van der Waals surface area contributed by atoms with Crippen molar-refractivity contribution in [3.05, 3.63) is 0 Å².